The number of ether oxygens (including phenoxy) is 1. The summed E-state index contributed by atoms with van der Waals surface area (Å²) in [6, 6.07) is 12.5. The standard InChI is InChI=1S/C21H21ClN2O3S/c1-4-23(5-2)17-9-6-14(18(13-17)27-3)12-19-20(25)24(21(26)28-19)16-10-7-15(22)8-11-16/h6-13H,4-5H2,1-3H3. The van der Waals surface area contributed by atoms with Crippen molar-refractivity contribution in [2.24, 2.45) is 0 Å². The molecule has 3 rings (SSSR count). The minimum atomic E-state index is -0.354. The molecule has 0 aromatic heterocycles. The van der Waals surface area contributed by atoms with E-state index < -0.39 is 0 Å². The molecule has 7 heteroatoms. The molecule has 1 saturated heterocycles. The Morgan fingerprint density at radius 2 is 1.79 bits per heavy atom. The van der Waals surface area contributed by atoms with Crippen LogP contribution in [0.3, 0.4) is 0 Å². The summed E-state index contributed by atoms with van der Waals surface area (Å²) < 4.78 is 5.52. The molecule has 2 aromatic carbocycles. The topological polar surface area (TPSA) is 49.9 Å². The first-order valence-electron chi connectivity index (χ1n) is 8.95. The van der Waals surface area contributed by atoms with Gasteiger partial charge in [-0.2, -0.15) is 0 Å². The molecule has 0 N–H and O–H groups in total. The van der Waals surface area contributed by atoms with Crippen molar-refractivity contribution in [2.75, 3.05) is 30.0 Å². The first kappa shape index (κ1) is 20.3. The Labute approximate surface area is 173 Å². The molecule has 0 radical (unpaired) electrons. The molecule has 0 saturated carbocycles. The third-order valence-corrected chi connectivity index (χ3v) is 5.63. The van der Waals surface area contributed by atoms with Crippen LogP contribution in [0.1, 0.15) is 19.4 Å². The number of nitrogens with zero attached hydrogens (tertiary/aromatic N) is 2. The fourth-order valence-electron chi connectivity index (χ4n) is 3.03. The molecule has 1 heterocycles. The van der Waals surface area contributed by atoms with Gasteiger partial charge in [-0.3, -0.25) is 9.59 Å². The average molecular weight is 417 g/mol. The van der Waals surface area contributed by atoms with Gasteiger partial charge in [-0.1, -0.05) is 11.6 Å². The van der Waals surface area contributed by atoms with Crippen LogP contribution >= 0.6 is 23.4 Å². The Kier molecular flexibility index (Phi) is 6.31. The molecule has 2 aromatic rings. The molecule has 146 valence electrons. The van der Waals surface area contributed by atoms with Gasteiger partial charge in [0.15, 0.2) is 0 Å². The summed E-state index contributed by atoms with van der Waals surface area (Å²) in [5.41, 5.74) is 2.30. The zero-order chi connectivity index (χ0) is 20.3. The fourth-order valence-corrected chi connectivity index (χ4v) is 3.98. The number of methoxy groups -OCH3 is 1. The largest absolute Gasteiger partial charge is 0.496 e. The molecule has 1 fully saturated rings. The quantitative estimate of drug-likeness (QED) is 0.587. The summed E-state index contributed by atoms with van der Waals surface area (Å²) in [6.45, 7) is 5.96. The molecule has 28 heavy (non-hydrogen) atoms. The smallest absolute Gasteiger partial charge is 0.298 e. The Balaban J connectivity index is 1.92. The van der Waals surface area contributed by atoms with E-state index in [0.29, 0.717) is 21.4 Å². The molecule has 2 amide bonds. The van der Waals surface area contributed by atoms with Gasteiger partial charge in [0.1, 0.15) is 5.75 Å². The van der Waals surface area contributed by atoms with Crippen LogP contribution in [0.4, 0.5) is 16.2 Å². The molecule has 0 atom stereocenters. The molecule has 1 aliphatic heterocycles. The summed E-state index contributed by atoms with van der Waals surface area (Å²) in [6.07, 6.45) is 1.70. The second-order valence-electron chi connectivity index (χ2n) is 6.09. The van der Waals surface area contributed by atoms with Crippen molar-refractivity contribution in [3.63, 3.8) is 0 Å². The maximum atomic E-state index is 12.8. The highest BCUT2D eigenvalue weighted by molar-refractivity contribution is 8.19. The fraction of sp³-hybridized carbons (Fsp3) is 0.238. The van der Waals surface area contributed by atoms with Crippen molar-refractivity contribution in [3.8, 4) is 5.75 Å². The number of hydrogen-bond donors (Lipinski definition) is 0. The Bertz CT molecular complexity index is 924. The maximum Gasteiger partial charge on any atom is 0.298 e. The average Bonchev–Trinajstić information content (AvgIpc) is 2.97. The normalized spacial score (nSPS) is 15.4. The first-order valence-corrected chi connectivity index (χ1v) is 10.1. The molecule has 0 spiro atoms. The van der Waals surface area contributed by atoms with Crippen LogP contribution in [0.2, 0.25) is 5.02 Å². The SMILES string of the molecule is CCN(CC)c1ccc(C=C2SC(=O)N(c3ccc(Cl)cc3)C2=O)c(OC)c1. The Morgan fingerprint density at radius 3 is 2.39 bits per heavy atom. The predicted molar refractivity (Wildman–Crippen MR) is 116 cm³/mol. The number of halogens is 1. The van der Waals surface area contributed by atoms with E-state index in [1.807, 2.05) is 18.2 Å². The number of amides is 2. The molecular formula is C21H21ClN2O3S. The molecular weight excluding hydrogens is 396 g/mol. The second kappa shape index (κ2) is 8.71. The van der Waals surface area contributed by atoms with E-state index in [2.05, 4.69) is 18.7 Å². The van der Waals surface area contributed by atoms with E-state index in [1.54, 1.807) is 37.5 Å². The zero-order valence-electron chi connectivity index (χ0n) is 15.9. The molecule has 5 nitrogen and oxygen atoms in total. The summed E-state index contributed by atoms with van der Waals surface area (Å²) in [4.78, 5) is 28.9. The second-order valence-corrected chi connectivity index (χ2v) is 7.52. The van der Waals surface area contributed by atoms with Gasteiger partial charge >= 0.3 is 0 Å². The van der Waals surface area contributed by atoms with Crippen molar-refractivity contribution >= 4 is 52.0 Å². The Morgan fingerprint density at radius 1 is 1.11 bits per heavy atom. The van der Waals surface area contributed by atoms with Gasteiger partial charge in [-0.05, 0) is 68.1 Å². The van der Waals surface area contributed by atoms with Crippen molar-refractivity contribution in [3.05, 3.63) is 58.0 Å². The van der Waals surface area contributed by atoms with Crippen LogP contribution in [0, 0.1) is 0 Å². The number of anilines is 2. The van der Waals surface area contributed by atoms with Gasteiger partial charge in [0.2, 0.25) is 0 Å². The van der Waals surface area contributed by atoms with Gasteiger partial charge in [-0.25, -0.2) is 4.90 Å². The third kappa shape index (κ3) is 4.03. The summed E-state index contributed by atoms with van der Waals surface area (Å²) in [5, 5.41) is 0.210. The van der Waals surface area contributed by atoms with E-state index in [9.17, 15) is 9.59 Å². The van der Waals surface area contributed by atoms with E-state index in [4.69, 9.17) is 16.3 Å². The number of carbonyl (C=O) groups excluding carboxylic acids is 2. The number of hydrogen-bond acceptors (Lipinski definition) is 5. The number of rotatable bonds is 6. The number of carbonyl (C=O) groups is 2. The minimum absolute atomic E-state index is 0.336. The van der Waals surface area contributed by atoms with Crippen LogP contribution in [0.25, 0.3) is 6.08 Å². The lowest BCUT2D eigenvalue weighted by Gasteiger charge is -2.22. The number of benzene rings is 2. The van der Waals surface area contributed by atoms with Crippen LogP contribution in [-0.4, -0.2) is 31.3 Å². The van der Waals surface area contributed by atoms with Crippen LogP contribution in [0.5, 0.6) is 5.75 Å². The highest BCUT2D eigenvalue weighted by Crippen LogP contribution is 2.37. The van der Waals surface area contributed by atoms with Crippen LogP contribution in [-0.2, 0) is 4.79 Å². The van der Waals surface area contributed by atoms with Gasteiger partial charge in [0.05, 0.1) is 17.7 Å². The summed E-state index contributed by atoms with van der Waals surface area (Å²) >= 11 is 6.81. The molecule has 0 bridgehead atoms. The predicted octanol–water partition coefficient (Wildman–Crippen LogP) is 5.44. The van der Waals surface area contributed by atoms with E-state index in [-0.39, 0.29) is 11.1 Å². The van der Waals surface area contributed by atoms with Gasteiger partial charge in [0, 0.05) is 35.4 Å². The van der Waals surface area contributed by atoms with Gasteiger partial charge in [0.25, 0.3) is 11.1 Å². The monoisotopic (exact) mass is 416 g/mol. The lowest BCUT2D eigenvalue weighted by molar-refractivity contribution is -0.113. The van der Waals surface area contributed by atoms with Gasteiger partial charge in [-0.15, -0.1) is 0 Å². The lowest BCUT2D eigenvalue weighted by Crippen LogP contribution is -2.27. The van der Waals surface area contributed by atoms with Crippen molar-refractivity contribution in [2.45, 2.75) is 13.8 Å². The molecule has 0 aliphatic carbocycles. The van der Waals surface area contributed by atoms with E-state index in [0.717, 1.165) is 41.0 Å². The molecule has 1 aliphatic rings. The number of imide groups is 1. The zero-order valence-corrected chi connectivity index (χ0v) is 17.5. The van der Waals surface area contributed by atoms with Crippen LogP contribution < -0.4 is 14.5 Å². The summed E-state index contributed by atoms with van der Waals surface area (Å²) in [7, 11) is 1.60. The first-order chi connectivity index (χ1) is 13.5. The molecule has 0 unspecified atom stereocenters. The van der Waals surface area contributed by atoms with Crippen molar-refractivity contribution in [1.82, 2.24) is 0 Å². The lowest BCUT2D eigenvalue weighted by atomic mass is 10.1. The van der Waals surface area contributed by atoms with Gasteiger partial charge < -0.3 is 9.64 Å². The highest BCUT2D eigenvalue weighted by Gasteiger charge is 2.36. The minimum Gasteiger partial charge on any atom is -0.496 e. The van der Waals surface area contributed by atoms with Crippen molar-refractivity contribution < 1.29 is 14.3 Å². The highest BCUT2D eigenvalue weighted by atomic mass is 35.5. The van der Waals surface area contributed by atoms with Crippen LogP contribution in [0.15, 0.2) is 47.4 Å². The summed E-state index contributed by atoms with van der Waals surface area (Å²) in [5.74, 6) is 0.301. The van der Waals surface area contributed by atoms with E-state index >= 15 is 0 Å². The van der Waals surface area contributed by atoms with E-state index in [1.165, 1.54) is 0 Å². The maximum absolute atomic E-state index is 12.8. The van der Waals surface area contributed by atoms with Crippen molar-refractivity contribution in [1.29, 1.82) is 0 Å². The Hall–Kier alpha value is -2.44. The third-order valence-electron chi connectivity index (χ3n) is 4.51. The number of thioether (sulfide) groups is 1.